The summed E-state index contributed by atoms with van der Waals surface area (Å²) in [5, 5.41) is 14.0. The Kier molecular flexibility index (Phi) is 3.49. The Morgan fingerprint density at radius 1 is 1.35 bits per heavy atom. The van der Waals surface area contributed by atoms with Gasteiger partial charge in [-0.05, 0) is 13.0 Å². The highest BCUT2D eigenvalue weighted by Gasteiger charge is 2.01. The Morgan fingerprint density at radius 3 is 2.94 bits per heavy atom. The Bertz CT molecular complexity index is 479. The fraction of sp³-hybridized carbons (Fsp3) is 0.400. The summed E-state index contributed by atoms with van der Waals surface area (Å²) in [6.45, 7) is 3.38. The first-order valence-corrected chi connectivity index (χ1v) is 5.43. The largest absolute Gasteiger partial charge is 0.363 e. The van der Waals surface area contributed by atoms with Crippen LogP contribution in [0, 0.1) is 0 Å². The number of aromatic nitrogens is 5. The minimum Gasteiger partial charge on any atom is -0.363 e. The van der Waals surface area contributed by atoms with Crippen LogP contribution in [0.3, 0.4) is 0 Å². The zero-order valence-electron chi connectivity index (χ0n) is 9.88. The highest BCUT2D eigenvalue weighted by atomic mass is 15.3. The molecule has 2 aromatic heterocycles. The van der Waals surface area contributed by atoms with E-state index in [9.17, 15) is 0 Å². The van der Waals surface area contributed by atoms with Crippen molar-refractivity contribution in [2.45, 2.75) is 13.5 Å². The molecule has 0 saturated carbocycles. The minimum atomic E-state index is 0.582. The van der Waals surface area contributed by atoms with Crippen molar-refractivity contribution in [3.63, 3.8) is 0 Å². The van der Waals surface area contributed by atoms with Crippen LogP contribution in [0.4, 0.5) is 11.8 Å². The smallest absolute Gasteiger partial charge is 0.224 e. The number of nitrogens with one attached hydrogen (secondary N) is 2. The number of hydrogen-bond donors (Lipinski definition) is 2. The average Bonchev–Trinajstić information content (AvgIpc) is 2.73. The highest BCUT2D eigenvalue weighted by molar-refractivity contribution is 5.39. The van der Waals surface area contributed by atoms with Crippen LogP contribution in [0.15, 0.2) is 18.6 Å². The van der Waals surface area contributed by atoms with Gasteiger partial charge in [0.1, 0.15) is 12.1 Å². The molecule has 0 aromatic carbocycles. The van der Waals surface area contributed by atoms with Crippen LogP contribution in [0.5, 0.6) is 0 Å². The van der Waals surface area contributed by atoms with Crippen molar-refractivity contribution in [3.05, 3.63) is 24.4 Å². The number of hydrogen-bond acceptors (Lipinski definition) is 6. The lowest BCUT2D eigenvalue weighted by Gasteiger charge is -2.06. The molecule has 0 aliphatic carbocycles. The molecule has 0 unspecified atom stereocenters. The molecule has 7 heteroatoms. The quantitative estimate of drug-likeness (QED) is 0.789. The zero-order chi connectivity index (χ0) is 12.1. The van der Waals surface area contributed by atoms with Gasteiger partial charge in [0.2, 0.25) is 5.95 Å². The average molecular weight is 233 g/mol. The summed E-state index contributed by atoms with van der Waals surface area (Å²) in [5.41, 5.74) is 0. The highest BCUT2D eigenvalue weighted by Crippen LogP contribution is 2.06. The topological polar surface area (TPSA) is 80.5 Å². The molecule has 0 aliphatic rings. The number of nitrogens with zero attached hydrogens (tertiary/aromatic N) is 5. The maximum atomic E-state index is 4.30. The van der Waals surface area contributed by atoms with Crippen molar-refractivity contribution in [2.24, 2.45) is 7.05 Å². The second-order valence-electron chi connectivity index (χ2n) is 3.51. The van der Waals surface area contributed by atoms with E-state index in [4.69, 9.17) is 0 Å². The Balaban J connectivity index is 1.99. The lowest BCUT2D eigenvalue weighted by atomic mass is 10.5. The Labute approximate surface area is 99.3 Å². The van der Waals surface area contributed by atoms with Gasteiger partial charge in [0.25, 0.3) is 0 Å². The van der Waals surface area contributed by atoms with Crippen molar-refractivity contribution >= 4 is 11.8 Å². The molecule has 0 radical (unpaired) electrons. The van der Waals surface area contributed by atoms with E-state index < -0.39 is 0 Å². The molecular weight excluding hydrogens is 218 g/mol. The van der Waals surface area contributed by atoms with Gasteiger partial charge in [-0.1, -0.05) is 0 Å². The third kappa shape index (κ3) is 2.90. The van der Waals surface area contributed by atoms with Gasteiger partial charge in [-0.25, -0.2) is 4.98 Å². The first-order chi connectivity index (χ1) is 8.29. The molecule has 2 rings (SSSR count). The van der Waals surface area contributed by atoms with Gasteiger partial charge < -0.3 is 15.2 Å². The maximum Gasteiger partial charge on any atom is 0.224 e. The summed E-state index contributed by atoms with van der Waals surface area (Å²) in [4.78, 5) is 8.40. The van der Waals surface area contributed by atoms with Crippen LogP contribution < -0.4 is 10.6 Å². The van der Waals surface area contributed by atoms with Crippen molar-refractivity contribution < 1.29 is 0 Å². The van der Waals surface area contributed by atoms with Crippen LogP contribution in [-0.4, -0.2) is 31.3 Å². The van der Waals surface area contributed by atoms with E-state index in [1.807, 2.05) is 24.6 Å². The summed E-state index contributed by atoms with van der Waals surface area (Å²) >= 11 is 0. The molecule has 0 aliphatic heterocycles. The molecule has 0 amide bonds. The first-order valence-electron chi connectivity index (χ1n) is 5.43. The molecule has 90 valence electrons. The Morgan fingerprint density at radius 2 is 2.24 bits per heavy atom. The van der Waals surface area contributed by atoms with Crippen molar-refractivity contribution in [1.29, 1.82) is 0 Å². The lowest BCUT2D eigenvalue weighted by molar-refractivity contribution is 0.810. The monoisotopic (exact) mass is 233 g/mol. The number of aryl methyl sites for hydroxylation is 1. The molecule has 0 fully saturated rings. The predicted molar refractivity (Wildman–Crippen MR) is 64.5 cm³/mol. The SMILES string of the molecule is CCNc1nccc(NCc2nncn2C)n1. The minimum absolute atomic E-state index is 0.582. The van der Waals surface area contributed by atoms with E-state index in [1.54, 1.807) is 12.5 Å². The van der Waals surface area contributed by atoms with E-state index in [2.05, 4.69) is 30.8 Å². The van der Waals surface area contributed by atoms with Gasteiger partial charge in [0.15, 0.2) is 5.82 Å². The van der Waals surface area contributed by atoms with E-state index in [0.717, 1.165) is 18.2 Å². The standard InChI is InChI=1S/C10H15N7/c1-3-11-10-12-5-4-8(15-10)13-6-9-16-14-7-17(9)2/h4-5,7H,3,6H2,1-2H3,(H2,11,12,13,15). The molecule has 2 aromatic rings. The van der Waals surface area contributed by atoms with Crippen molar-refractivity contribution in [2.75, 3.05) is 17.2 Å². The molecule has 0 spiro atoms. The lowest BCUT2D eigenvalue weighted by Crippen LogP contribution is -2.08. The molecule has 0 atom stereocenters. The van der Waals surface area contributed by atoms with Gasteiger partial charge in [0.05, 0.1) is 6.54 Å². The second-order valence-corrected chi connectivity index (χ2v) is 3.51. The number of rotatable bonds is 5. The van der Waals surface area contributed by atoms with E-state index >= 15 is 0 Å². The van der Waals surface area contributed by atoms with Gasteiger partial charge >= 0.3 is 0 Å². The van der Waals surface area contributed by atoms with Gasteiger partial charge in [-0.2, -0.15) is 4.98 Å². The third-order valence-corrected chi connectivity index (χ3v) is 2.22. The fourth-order valence-electron chi connectivity index (χ4n) is 1.34. The van der Waals surface area contributed by atoms with Crippen LogP contribution in [0.25, 0.3) is 0 Å². The maximum absolute atomic E-state index is 4.30. The number of anilines is 2. The molecular formula is C10H15N7. The molecule has 7 nitrogen and oxygen atoms in total. The fourth-order valence-corrected chi connectivity index (χ4v) is 1.34. The van der Waals surface area contributed by atoms with Gasteiger partial charge in [-0.3, -0.25) is 0 Å². The van der Waals surface area contributed by atoms with Crippen molar-refractivity contribution in [3.8, 4) is 0 Å². The van der Waals surface area contributed by atoms with E-state index in [1.165, 1.54) is 0 Å². The Hall–Kier alpha value is -2.18. The molecule has 2 N–H and O–H groups in total. The summed E-state index contributed by atoms with van der Waals surface area (Å²) in [6, 6.07) is 1.82. The van der Waals surface area contributed by atoms with Crippen LogP contribution in [0.2, 0.25) is 0 Å². The van der Waals surface area contributed by atoms with Crippen LogP contribution in [0.1, 0.15) is 12.7 Å². The molecule has 2 heterocycles. The summed E-state index contributed by atoms with van der Waals surface area (Å²) in [7, 11) is 1.90. The first kappa shape index (κ1) is 11.3. The van der Waals surface area contributed by atoms with E-state index in [0.29, 0.717) is 12.5 Å². The normalized spacial score (nSPS) is 10.2. The van der Waals surface area contributed by atoms with Crippen LogP contribution in [-0.2, 0) is 13.6 Å². The molecule has 0 bridgehead atoms. The molecule has 0 saturated heterocycles. The summed E-state index contributed by atoms with van der Waals surface area (Å²) < 4.78 is 1.86. The van der Waals surface area contributed by atoms with Gasteiger partial charge in [0, 0.05) is 19.8 Å². The molecule has 17 heavy (non-hydrogen) atoms. The zero-order valence-corrected chi connectivity index (χ0v) is 9.88. The predicted octanol–water partition coefficient (Wildman–Crippen LogP) is 0.649. The second kappa shape index (κ2) is 5.24. The van der Waals surface area contributed by atoms with Gasteiger partial charge in [-0.15, -0.1) is 10.2 Å². The summed E-state index contributed by atoms with van der Waals surface area (Å²) in [5.74, 6) is 2.24. The van der Waals surface area contributed by atoms with E-state index in [-0.39, 0.29) is 0 Å². The van der Waals surface area contributed by atoms with Crippen molar-refractivity contribution in [1.82, 2.24) is 24.7 Å². The third-order valence-electron chi connectivity index (χ3n) is 2.22. The van der Waals surface area contributed by atoms with Crippen LogP contribution >= 0.6 is 0 Å². The summed E-state index contributed by atoms with van der Waals surface area (Å²) in [6.07, 6.45) is 3.38.